The third-order valence-corrected chi connectivity index (χ3v) is 7.31. The molecule has 0 spiro atoms. The van der Waals surface area contributed by atoms with E-state index in [-0.39, 0.29) is 17.7 Å². The Labute approximate surface area is 185 Å². The van der Waals surface area contributed by atoms with Gasteiger partial charge >= 0.3 is 0 Å². The Morgan fingerprint density at radius 1 is 1.03 bits per heavy atom. The molecule has 0 N–H and O–H groups in total. The summed E-state index contributed by atoms with van der Waals surface area (Å²) in [6.45, 7) is 5.82. The lowest BCUT2D eigenvalue weighted by molar-refractivity contribution is -0.141. The van der Waals surface area contributed by atoms with Crippen molar-refractivity contribution in [1.82, 2.24) is 19.6 Å². The molecule has 0 unspecified atom stereocenters. The van der Waals surface area contributed by atoms with E-state index in [2.05, 4.69) is 5.10 Å². The molecule has 0 radical (unpaired) electrons. The number of para-hydroxylation sites is 1. The molecule has 162 valence electrons. The Morgan fingerprint density at radius 2 is 1.74 bits per heavy atom. The van der Waals surface area contributed by atoms with Crippen LogP contribution in [0.25, 0.3) is 15.9 Å². The van der Waals surface area contributed by atoms with Gasteiger partial charge in [0.15, 0.2) is 0 Å². The third kappa shape index (κ3) is 3.85. The number of aryl methyl sites for hydroxylation is 1. The molecule has 0 bridgehead atoms. The van der Waals surface area contributed by atoms with Crippen molar-refractivity contribution in [3.8, 4) is 5.69 Å². The number of carbonyl (C=O) groups excluding carboxylic acids is 2. The largest absolute Gasteiger partial charge is 0.378 e. The number of aromatic nitrogens is 2. The number of benzene rings is 1. The van der Waals surface area contributed by atoms with Gasteiger partial charge in [0.1, 0.15) is 4.83 Å². The van der Waals surface area contributed by atoms with Crippen molar-refractivity contribution < 1.29 is 14.3 Å². The molecular weight excluding hydrogens is 412 g/mol. The number of fused-ring (bicyclic) bond motifs is 1. The number of hydrogen-bond acceptors (Lipinski definition) is 5. The number of amides is 2. The van der Waals surface area contributed by atoms with Crippen molar-refractivity contribution in [2.75, 3.05) is 39.4 Å². The second-order valence-electron chi connectivity index (χ2n) is 8.17. The summed E-state index contributed by atoms with van der Waals surface area (Å²) in [5.41, 5.74) is 1.91. The molecule has 2 amide bonds. The van der Waals surface area contributed by atoms with Gasteiger partial charge in [-0.25, -0.2) is 4.68 Å². The highest BCUT2D eigenvalue weighted by molar-refractivity contribution is 7.20. The fourth-order valence-corrected chi connectivity index (χ4v) is 5.57. The minimum absolute atomic E-state index is 0.0124. The molecule has 2 saturated heterocycles. The third-order valence-electron chi connectivity index (χ3n) is 6.21. The van der Waals surface area contributed by atoms with Gasteiger partial charge in [-0.2, -0.15) is 5.10 Å². The molecule has 1 aromatic carbocycles. The van der Waals surface area contributed by atoms with Crippen molar-refractivity contribution >= 4 is 33.4 Å². The van der Waals surface area contributed by atoms with Crippen molar-refractivity contribution in [2.45, 2.75) is 19.8 Å². The Hall–Kier alpha value is -2.71. The fraction of sp³-hybridized carbons (Fsp3) is 0.435. The number of thiophene rings is 1. The zero-order chi connectivity index (χ0) is 21.4. The van der Waals surface area contributed by atoms with Crippen LogP contribution in [0.5, 0.6) is 0 Å². The van der Waals surface area contributed by atoms with Crippen LogP contribution in [0.2, 0.25) is 0 Å². The number of hydrogen-bond donors (Lipinski definition) is 0. The van der Waals surface area contributed by atoms with E-state index in [1.807, 2.05) is 57.8 Å². The van der Waals surface area contributed by atoms with E-state index in [4.69, 9.17) is 4.74 Å². The monoisotopic (exact) mass is 438 g/mol. The lowest BCUT2D eigenvalue weighted by Gasteiger charge is -2.35. The van der Waals surface area contributed by atoms with Crippen molar-refractivity contribution in [3.05, 3.63) is 47.0 Å². The smallest absolute Gasteiger partial charge is 0.264 e. The predicted octanol–water partition coefficient (Wildman–Crippen LogP) is 3.11. The normalized spacial score (nSPS) is 18.0. The predicted molar refractivity (Wildman–Crippen MR) is 120 cm³/mol. The summed E-state index contributed by atoms with van der Waals surface area (Å²) in [5.74, 6) is 0.284. The summed E-state index contributed by atoms with van der Waals surface area (Å²) in [5, 5.41) is 5.68. The van der Waals surface area contributed by atoms with Crippen LogP contribution < -0.4 is 0 Å². The first-order chi connectivity index (χ1) is 15.1. The van der Waals surface area contributed by atoms with Crippen LogP contribution >= 0.6 is 11.3 Å². The van der Waals surface area contributed by atoms with E-state index in [1.165, 1.54) is 11.3 Å². The minimum atomic E-state index is 0.0124. The number of piperidine rings is 1. The first-order valence-electron chi connectivity index (χ1n) is 10.8. The SMILES string of the molecule is Cc1nn(-c2ccccc2)c2sc(C(=O)N3CCC(C(=O)N4CCOCC4)CC3)cc12. The van der Waals surface area contributed by atoms with E-state index in [0.717, 1.165) is 39.3 Å². The van der Waals surface area contributed by atoms with E-state index >= 15 is 0 Å². The maximum absolute atomic E-state index is 13.2. The number of ether oxygens (including phenoxy) is 1. The maximum atomic E-state index is 13.2. The number of morpholine rings is 1. The van der Waals surface area contributed by atoms with Gasteiger partial charge in [-0.3, -0.25) is 9.59 Å². The van der Waals surface area contributed by atoms with Gasteiger partial charge in [-0.15, -0.1) is 11.3 Å². The molecule has 7 nitrogen and oxygen atoms in total. The Balaban J connectivity index is 1.29. The lowest BCUT2D eigenvalue weighted by atomic mass is 9.95. The average molecular weight is 439 g/mol. The van der Waals surface area contributed by atoms with Gasteiger partial charge in [0, 0.05) is 37.5 Å². The zero-order valence-electron chi connectivity index (χ0n) is 17.6. The summed E-state index contributed by atoms with van der Waals surface area (Å²) in [6.07, 6.45) is 1.45. The summed E-state index contributed by atoms with van der Waals surface area (Å²) in [6, 6.07) is 12.0. The van der Waals surface area contributed by atoms with Crippen LogP contribution in [0.15, 0.2) is 36.4 Å². The molecule has 0 atom stereocenters. The van der Waals surface area contributed by atoms with Crippen LogP contribution in [0.3, 0.4) is 0 Å². The summed E-state index contributed by atoms with van der Waals surface area (Å²) in [4.78, 5) is 31.5. The van der Waals surface area contributed by atoms with E-state index in [9.17, 15) is 9.59 Å². The van der Waals surface area contributed by atoms with E-state index in [1.54, 1.807) is 0 Å². The summed E-state index contributed by atoms with van der Waals surface area (Å²) >= 11 is 1.49. The first-order valence-corrected chi connectivity index (χ1v) is 11.6. The average Bonchev–Trinajstić information content (AvgIpc) is 3.40. The van der Waals surface area contributed by atoms with Crippen LogP contribution in [-0.4, -0.2) is 70.8 Å². The Kier molecular flexibility index (Phi) is 5.50. The number of nitrogens with zero attached hydrogens (tertiary/aromatic N) is 4. The van der Waals surface area contributed by atoms with Crippen LogP contribution in [0.1, 0.15) is 28.2 Å². The molecule has 0 saturated carbocycles. The molecule has 5 rings (SSSR count). The van der Waals surface area contributed by atoms with Gasteiger partial charge in [0.25, 0.3) is 5.91 Å². The van der Waals surface area contributed by atoms with E-state index < -0.39 is 0 Å². The molecule has 2 fully saturated rings. The molecular formula is C23H26N4O3S. The van der Waals surface area contributed by atoms with Gasteiger partial charge in [-0.1, -0.05) is 18.2 Å². The van der Waals surface area contributed by atoms with E-state index in [0.29, 0.717) is 39.4 Å². The highest BCUT2D eigenvalue weighted by atomic mass is 32.1. The van der Waals surface area contributed by atoms with Crippen LogP contribution in [-0.2, 0) is 9.53 Å². The molecule has 31 heavy (non-hydrogen) atoms. The molecule has 2 aliphatic heterocycles. The Bertz CT molecular complexity index is 1090. The minimum Gasteiger partial charge on any atom is -0.378 e. The number of rotatable bonds is 3. The number of carbonyl (C=O) groups is 2. The van der Waals surface area contributed by atoms with Crippen molar-refractivity contribution in [1.29, 1.82) is 0 Å². The Morgan fingerprint density at radius 3 is 2.45 bits per heavy atom. The second-order valence-corrected chi connectivity index (χ2v) is 9.20. The molecule has 3 aromatic rings. The van der Waals surface area contributed by atoms with Crippen LogP contribution in [0.4, 0.5) is 0 Å². The highest BCUT2D eigenvalue weighted by Crippen LogP contribution is 2.32. The topological polar surface area (TPSA) is 67.7 Å². The molecule has 2 aromatic heterocycles. The van der Waals surface area contributed by atoms with Gasteiger partial charge < -0.3 is 14.5 Å². The molecule has 4 heterocycles. The summed E-state index contributed by atoms with van der Waals surface area (Å²) < 4.78 is 7.26. The molecule has 8 heteroatoms. The fourth-order valence-electron chi connectivity index (χ4n) is 4.42. The standard InChI is InChI=1S/C23H26N4O3S/c1-16-19-15-20(31-23(19)27(24-16)18-5-3-2-4-6-18)22(29)25-9-7-17(8-10-25)21(28)26-11-13-30-14-12-26/h2-6,15,17H,7-14H2,1H3. The quantitative estimate of drug-likeness (QED) is 0.630. The van der Waals surface area contributed by atoms with Crippen molar-refractivity contribution in [3.63, 3.8) is 0 Å². The van der Waals surface area contributed by atoms with Gasteiger partial charge in [-0.05, 0) is 38.0 Å². The molecule has 0 aliphatic carbocycles. The molecule has 2 aliphatic rings. The highest BCUT2D eigenvalue weighted by Gasteiger charge is 2.32. The second kappa shape index (κ2) is 8.43. The number of likely N-dealkylation sites (tertiary alicyclic amines) is 1. The van der Waals surface area contributed by atoms with Gasteiger partial charge in [0.05, 0.1) is 29.5 Å². The lowest BCUT2D eigenvalue weighted by Crippen LogP contribution is -2.47. The van der Waals surface area contributed by atoms with Crippen molar-refractivity contribution in [2.24, 2.45) is 5.92 Å². The zero-order valence-corrected chi connectivity index (χ0v) is 18.4. The van der Waals surface area contributed by atoms with Crippen LogP contribution in [0, 0.1) is 12.8 Å². The maximum Gasteiger partial charge on any atom is 0.264 e. The first kappa shape index (κ1) is 20.2. The van der Waals surface area contributed by atoms with Gasteiger partial charge in [0.2, 0.25) is 5.91 Å². The summed E-state index contributed by atoms with van der Waals surface area (Å²) in [7, 11) is 0.